The van der Waals surface area contributed by atoms with Gasteiger partial charge < -0.3 is 11.1 Å². The van der Waals surface area contributed by atoms with Gasteiger partial charge in [0, 0.05) is 11.6 Å². The first-order chi connectivity index (χ1) is 9.84. The molecule has 110 valence electrons. The monoisotopic (exact) mass is 295 g/mol. The molecule has 0 aliphatic heterocycles. The molecule has 1 heterocycles. The van der Waals surface area contributed by atoms with Gasteiger partial charge in [-0.15, -0.1) is 0 Å². The molecule has 1 aliphatic carbocycles. The highest BCUT2D eigenvalue weighted by Gasteiger charge is 2.64. The lowest BCUT2D eigenvalue weighted by molar-refractivity contribution is -0.163. The molecule has 4 nitrogen and oxygen atoms in total. The molecule has 7 heteroatoms. The van der Waals surface area contributed by atoms with Gasteiger partial charge in [-0.05, 0) is 18.2 Å². The largest absolute Gasteiger partial charge is 0.411 e. The van der Waals surface area contributed by atoms with Crippen molar-refractivity contribution in [3.8, 4) is 0 Å². The summed E-state index contributed by atoms with van der Waals surface area (Å²) in [6, 6.07) is 6.72. The third kappa shape index (κ3) is 2.18. The standard InChI is InChI=1S/C14H12F3N3O/c15-14(16,17)13(5-6-13)20-12(21)10-7-19-11(18)9-4-2-1-3-8(9)10/h1-4,7H,5-6H2,(H2,18,19)(H,20,21). The number of fused-ring (bicyclic) bond motifs is 1. The Morgan fingerprint density at radius 1 is 1.24 bits per heavy atom. The zero-order valence-electron chi connectivity index (χ0n) is 10.9. The number of carbonyl (C=O) groups is 1. The van der Waals surface area contributed by atoms with Gasteiger partial charge in [0.05, 0.1) is 5.56 Å². The van der Waals surface area contributed by atoms with E-state index in [2.05, 4.69) is 10.3 Å². The number of nitrogens with zero attached hydrogens (tertiary/aromatic N) is 1. The van der Waals surface area contributed by atoms with E-state index in [4.69, 9.17) is 5.73 Å². The molecular weight excluding hydrogens is 283 g/mol. The van der Waals surface area contributed by atoms with Crippen molar-refractivity contribution in [1.29, 1.82) is 0 Å². The second-order valence-corrected chi connectivity index (χ2v) is 5.14. The quantitative estimate of drug-likeness (QED) is 0.895. The average Bonchev–Trinajstić information content (AvgIpc) is 3.20. The summed E-state index contributed by atoms with van der Waals surface area (Å²) in [5.41, 5.74) is 3.71. The van der Waals surface area contributed by atoms with Gasteiger partial charge in [-0.3, -0.25) is 4.79 Å². The summed E-state index contributed by atoms with van der Waals surface area (Å²) in [4.78, 5) is 16.1. The number of rotatable bonds is 2. The van der Waals surface area contributed by atoms with E-state index in [9.17, 15) is 18.0 Å². The summed E-state index contributed by atoms with van der Waals surface area (Å²) in [6.45, 7) is 0. The fourth-order valence-corrected chi connectivity index (χ4v) is 2.28. The van der Waals surface area contributed by atoms with Gasteiger partial charge in [0.2, 0.25) is 0 Å². The number of hydrogen-bond donors (Lipinski definition) is 2. The van der Waals surface area contributed by atoms with Gasteiger partial charge in [-0.2, -0.15) is 13.2 Å². The van der Waals surface area contributed by atoms with Gasteiger partial charge in [0.1, 0.15) is 11.4 Å². The van der Waals surface area contributed by atoms with Gasteiger partial charge in [0.15, 0.2) is 0 Å². The number of nitrogens with one attached hydrogen (secondary N) is 1. The van der Waals surface area contributed by atoms with Crippen LogP contribution in [-0.2, 0) is 0 Å². The number of benzene rings is 1. The van der Waals surface area contributed by atoms with Crippen LogP contribution in [0.25, 0.3) is 10.8 Å². The molecule has 1 aliphatic rings. The summed E-state index contributed by atoms with van der Waals surface area (Å²) < 4.78 is 38.7. The molecule has 0 spiro atoms. The zero-order chi connectivity index (χ0) is 15.3. The molecular formula is C14H12F3N3O. The molecule has 1 saturated carbocycles. The van der Waals surface area contributed by atoms with E-state index < -0.39 is 17.6 Å². The number of aromatic nitrogens is 1. The van der Waals surface area contributed by atoms with Crippen LogP contribution in [0, 0.1) is 0 Å². The lowest BCUT2D eigenvalue weighted by atomic mass is 10.1. The zero-order valence-corrected chi connectivity index (χ0v) is 10.9. The molecule has 3 rings (SSSR count). The minimum absolute atomic E-state index is 0.0929. The Labute approximate surface area is 118 Å². The van der Waals surface area contributed by atoms with Crippen LogP contribution in [-0.4, -0.2) is 22.6 Å². The number of pyridine rings is 1. The Hall–Kier alpha value is -2.31. The van der Waals surface area contributed by atoms with Crippen LogP contribution in [0.1, 0.15) is 23.2 Å². The predicted molar refractivity (Wildman–Crippen MR) is 71.6 cm³/mol. The van der Waals surface area contributed by atoms with Gasteiger partial charge in [-0.25, -0.2) is 4.98 Å². The number of hydrogen-bond acceptors (Lipinski definition) is 3. The molecule has 0 radical (unpaired) electrons. The number of anilines is 1. The second kappa shape index (κ2) is 4.34. The fourth-order valence-electron chi connectivity index (χ4n) is 2.28. The number of alkyl halides is 3. The van der Waals surface area contributed by atoms with Crippen molar-refractivity contribution in [3.63, 3.8) is 0 Å². The Morgan fingerprint density at radius 2 is 1.86 bits per heavy atom. The molecule has 1 fully saturated rings. The van der Waals surface area contributed by atoms with E-state index in [0.29, 0.717) is 10.8 Å². The van der Waals surface area contributed by atoms with Gasteiger partial charge in [0.25, 0.3) is 5.91 Å². The summed E-state index contributed by atoms with van der Waals surface area (Å²) in [5, 5.41) is 3.12. The minimum Gasteiger partial charge on any atom is -0.383 e. The van der Waals surface area contributed by atoms with E-state index in [1.54, 1.807) is 24.3 Å². The molecule has 2 aromatic rings. The van der Waals surface area contributed by atoms with E-state index >= 15 is 0 Å². The summed E-state index contributed by atoms with van der Waals surface area (Å²) in [6.07, 6.45) is -3.43. The van der Waals surface area contributed by atoms with Crippen LogP contribution in [0.15, 0.2) is 30.5 Å². The molecule has 1 aromatic heterocycles. The van der Waals surface area contributed by atoms with Crippen molar-refractivity contribution < 1.29 is 18.0 Å². The van der Waals surface area contributed by atoms with Crippen LogP contribution in [0.2, 0.25) is 0 Å². The van der Waals surface area contributed by atoms with Crippen molar-refractivity contribution in [2.45, 2.75) is 24.6 Å². The topological polar surface area (TPSA) is 68.0 Å². The number of nitrogen functional groups attached to an aromatic ring is 1. The Kier molecular flexibility index (Phi) is 2.82. The molecule has 0 saturated heterocycles. The maximum atomic E-state index is 12.9. The highest BCUT2D eigenvalue weighted by Crippen LogP contribution is 2.49. The first-order valence-corrected chi connectivity index (χ1v) is 6.36. The predicted octanol–water partition coefficient (Wildman–Crippen LogP) is 2.64. The third-order valence-electron chi connectivity index (χ3n) is 3.72. The van der Waals surface area contributed by atoms with E-state index in [1.807, 2.05) is 0 Å². The molecule has 0 bridgehead atoms. The van der Waals surface area contributed by atoms with E-state index in [0.717, 1.165) is 0 Å². The first kappa shape index (κ1) is 13.7. The highest BCUT2D eigenvalue weighted by atomic mass is 19.4. The van der Waals surface area contributed by atoms with E-state index in [1.165, 1.54) is 6.20 Å². The van der Waals surface area contributed by atoms with Crippen molar-refractivity contribution in [1.82, 2.24) is 10.3 Å². The van der Waals surface area contributed by atoms with E-state index in [-0.39, 0.29) is 24.2 Å². The number of halogens is 3. The lowest BCUT2D eigenvalue weighted by Crippen LogP contribution is -2.47. The van der Waals surface area contributed by atoms with Crippen molar-refractivity contribution in [2.75, 3.05) is 5.73 Å². The number of amides is 1. The molecule has 3 N–H and O–H groups in total. The molecule has 0 atom stereocenters. The first-order valence-electron chi connectivity index (χ1n) is 6.36. The maximum Gasteiger partial charge on any atom is 0.411 e. The van der Waals surface area contributed by atoms with Gasteiger partial charge in [-0.1, -0.05) is 24.3 Å². The summed E-state index contributed by atoms with van der Waals surface area (Å²) in [5.74, 6) is -0.548. The minimum atomic E-state index is -4.44. The maximum absolute atomic E-state index is 12.9. The number of nitrogens with two attached hydrogens (primary N) is 1. The highest BCUT2D eigenvalue weighted by molar-refractivity contribution is 6.09. The Balaban J connectivity index is 1.98. The summed E-state index contributed by atoms with van der Waals surface area (Å²) in [7, 11) is 0. The van der Waals surface area contributed by atoms with Crippen LogP contribution >= 0.6 is 0 Å². The molecule has 21 heavy (non-hydrogen) atoms. The van der Waals surface area contributed by atoms with Crippen LogP contribution in [0.5, 0.6) is 0 Å². The van der Waals surface area contributed by atoms with Crippen molar-refractivity contribution >= 4 is 22.5 Å². The average molecular weight is 295 g/mol. The van der Waals surface area contributed by atoms with Crippen LogP contribution in [0.3, 0.4) is 0 Å². The van der Waals surface area contributed by atoms with Crippen molar-refractivity contribution in [3.05, 3.63) is 36.0 Å². The Bertz CT molecular complexity index is 723. The lowest BCUT2D eigenvalue weighted by Gasteiger charge is -2.21. The van der Waals surface area contributed by atoms with Gasteiger partial charge >= 0.3 is 6.18 Å². The fraction of sp³-hybridized carbons (Fsp3) is 0.286. The van der Waals surface area contributed by atoms with Crippen LogP contribution in [0.4, 0.5) is 19.0 Å². The molecule has 0 unspecified atom stereocenters. The molecule has 1 aromatic carbocycles. The van der Waals surface area contributed by atoms with Crippen molar-refractivity contribution in [2.24, 2.45) is 0 Å². The second-order valence-electron chi connectivity index (χ2n) is 5.14. The molecule has 1 amide bonds. The SMILES string of the molecule is Nc1ncc(C(=O)NC2(C(F)(F)F)CC2)c2ccccc12. The van der Waals surface area contributed by atoms with Crippen LogP contribution < -0.4 is 11.1 Å². The summed E-state index contributed by atoms with van der Waals surface area (Å²) >= 11 is 0. The third-order valence-corrected chi connectivity index (χ3v) is 3.72. The normalized spacial score (nSPS) is 16.7. The smallest absolute Gasteiger partial charge is 0.383 e. The Morgan fingerprint density at radius 3 is 2.43 bits per heavy atom. The number of carbonyl (C=O) groups excluding carboxylic acids is 1.